The Morgan fingerprint density at radius 3 is 2.58 bits per heavy atom. The molecule has 0 spiro atoms. The summed E-state index contributed by atoms with van der Waals surface area (Å²) in [4.78, 5) is 45.4. The van der Waals surface area contributed by atoms with Crippen LogP contribution < -0.4 is 10.6 Å². The van der Waals surface area contributed by atoms with E-state index in [4.69, 9.17) is 4.74 Å². The topological polar surface area (TPSA) is 124 Å². The molecule has 2 aromatic rings. The van der Waals surface area contributed by atoms with Crippen LogP contribution in [0.1, 0.15) is 51.7 Å². The van der Waals surface area contributed by atoms with Crippen molar-refractivity contribution < 1.29 is 32.3 Å². The molecule has 0 bridgehead atoms. The molecule has 9 nitrogen and oxygen atoms in total. The molecule has 43 heavy (non-hydrogen) atoms. The molecule has 1 aromatic carbocycles. The molecule has 4 aliphatic rings. The third-order valence-corrected chi connectivity index (χ3v) is 10.1. The monoisotopic (exact) mass is 597 g/mol. The molecule has 1 aliphatic heterocycles. The van der Waals surface area contributed by atoms with Crippen molar-refractivity contribution in [2.24, 2.45) is 17.3 Å². The summed E-state index contributed by atoms with van der Waals surface area (Å²) in [5, 5.41) is 16.9. The van der Waals surface area contributed by atoms with Crippen molar-refractivity contribution in [3.63, 3.8) is 0 Å². The Morgan fingerprint density at radius 1 is 1.21 bits per heavy atom. The molecule has 3 amide bonds. The number of amides is 3. The summed E-state index contributed by atoms with van der Waals surface area (Å²) in [5.74, 6) is -3.79. The van der Waals surface area contributed by atoms with Crippen LogP contribution in [-0.2, 0) is 31.0 Å². The molecule has 2 N–H and O–H groups in total. The van der Waals surface area contributed by atoms with E-state index in [2.05, 4.69) is 16.4 Å². The van der Waals surface area contributed by atoms with Crippen LogP contribution in [0.4, 0.5) is 13.2 Å². The maximum absolute atomic E-state index is 13.9. The number of carbonyl (C=O) groups is 3. The number of rotatable bonds is 8. The third-order valence-electron chi connectivity index (χ3n) is 10.1. The Kier molecular flexibility index (Phi) is 6.58. The number of nitrogens with one attached hydrogen (secondary N) is 2. The van der Waals surface area contributed by atoms with E-state index in [-0.39, 0.29) is 30.3 Å². The van der Waals surface area contributed by atoms with Gasteiger partial charge in [-0.1, -0.05) is 32.0 Å². The summed E-state index contributed by atoms with van der Waals surface area (Å²) in [6.07, 6.45) is -1.13. The van der Waals surface area contributed by atoms with Gasteiger partial charge in [0.25, 0.3) is 0 Å². The van der Waals surface area contributed by atoms with Gasteiger partial charge in [0, 0.05) is 36.4 Å². The molecule has 12 heteroatoms. The van der Waals surface area contributed by atoms with E-state index in [0.29, 0.717) is 19.3 Å². The first-order valence-electron chi connectivity index (χ1n) is 14.5. The number of nitrogens with zero attached hydrogens (tertiary/aromatic N) is 3. The van der Waals surface area contributed by atoms with Gasteiger partial charge in [-0.25, -0.2) is 0 Å². The highest BCUT2D eigenvalue weighted by Gasteiger charge is 2.70. The Morgan fingerprint density at radius 2 is 1.93 bits per heavy atom. The maximum Gasteiger partial charge on any atom is 0.471 e. The second-order valence-corrected chi connectivity index (χ2v) is 13.4. The van der Waals surface area contributed by atoms with Crippen LogP contribution in [0.5, 0.6) is 0 Å². The smallest absolute Gasteiger partial charge is 0.370 e. The molecule has 3 fully saturated rings. The van der Waals surface area contributed by atoms with Crippen molar-refractivity contribution in [2.45, 2.75) is 82.3 Å². The minimum atomic E-state index is -5.20. The second-order valence-electron chi connectivity index (χ2n) is 13.4. The fraction of sp³-hybridized carbons (Fsp3) is 0.581. The van der Waals surface area contributed by atoms with Gasteiger partial charge in [-0.15, -0.1) is 0 Å². The number of halogens is 3. The highest BCUT2D eigenvalue weighted by atomic mass is 19.4. The number of hydrogen-bond donors (Lipinski definition) is 2. The van der Waals surface area contributed by atoms with Crippen molar-refractivity contribution in [3.05, 3.63) is 41.7 Å². The predicted octanol–water partition coefficient (Wildman–Crippen LogP) is 3.16. The summed E-state index contributed by atoms with van der Waals surface area (Å²) in [7, 11) is 0. The minimum Gasteiger partial charge on any atom is -0.370 e. The highest BCUT2D eigenvalue weighted by molar-refractivity contribution is 5.95. The number of carbonyl (C=O) groups excluding carboxylic acids is 3. The zero-order valence-electron chi connectivity index (χ0n) is 24.4. The lowest BCUT2D eigenvalue weighted by atomic mass is 9.83. The fourth-order valence-electron chi connectivity index (χ4n) is 7.29. The summed E-state index contributed by atoms with van der Waals surface area (Å²) >= 11 is 0. The SMILES string of the molecule is C[C@@H](OC1(C)CC1)[C@H](NC(=O)C(F)(F)F)C(=O)N1C[C@H]2[C@@H]([C@H]1C(=O)NCC1(C#N)Cc3cccc4cncc1c34)C2(C)C. The van der Waals surface area contributed by atoms with Gasteiger partial charge < -0.3 is 20.3 Å². The van der Waals surface area contributed by atoms with Crippen molar-refractivity contribution in [1.29, 1.82) is 5.26 Å². The molecule has 1 unspecified atom stereocenters. The molecular formula is C31H34F3N5O4. The average molecular weight is 598 g/mol. The zero-order valence-corrected chi connectivity index (χ0v) is 24.4. The Hall–Kier alpha value is -3.72. The van der Waals surface area contributed by atoms with Gasteiger partial charge in [0.2, 0.25) is 11.8 Å². The van der Waals surface area contributed by atoms with Gasteiger partial charge in [0.1, 0.15) is 17.5 Å². The van der Waals surface area contributed by atoms with E-state index in [1.807, 2.05) is 37.4 Å². The Bertz CT molecular complexity index is 1560. The van der Waals surface area contributed by atoms with Crippen molar-refractivity contribution >= 4 is 28.5 Å². The highest BCUT2D eigenvalue weighted by Crippen LogP contribution is 2.65. The summed E-state index contributed by atoms with van der Waals surface area (Å²) in [6.45, 7) is 7.37. The number of nitriles is 1. The van der Waals surface area contributed by atoms with Gasteiger partial charge >= 0.3 is 12.1 Å². The van der Waals surface area contributed by atoms with E-state index in [0.717, 1.165) is 21.9 Å². The predicted molar refractivity (Wildman–Crippen MR) is 148 cm³/mol. The maximum atomic E-state index is 13.9. The molecule has 228 valence electrons. The normalized spacial score (nSPS) is 28.9. The lowest BCUT2D eigenvalue weighted by molar-refractivity contribution is -0.177. The van der Waals surface area contributed by atoms with E-state index in [9.17, 15) is 32.8 Å². The summed E-state index contributed by atoms with van der Waals surface area (Å²) in [6, 6.07) is 5.54. The molecule has 0 radical (unpaired) electrons. The van der Waals surface area contributed by atoms with E-state index in [1.165, 1.54) is 11.8 Å². The molecule has 6 atom stereocenters. The number of fused-ring (bicyclic) bond motifs is 1. The molecule has 1 aromatic heterocycles. The number of piperidine rings is 1. The Labute approximate surface area is 247 Å². The first kappa shape index (κ1) is 29.4. The van der Waals surface area contributed by atoms with Crippen molar-refractivity contribution in [3.8, 4) is 6.07 Å². The molecule has 6 rings (SSSR count). The molecule has 2 heterocycles. The number of ether oxygens (including phenoxy) is 1. The van der Waals surface area contributed by atoms with E-state index < -0.39 is 53.1 Å². The van der Waals surface area contributed by atoms with Gasteiger partial charge in [-0.3, -0.25) is 19.4 Å². The zero-order chi connectivity index (χ0) is 31.1. The quantitative estimate of drug-likeness (QED) is 0.482. The number of benzene rings is 1. The lowest BCUT2D eigenvalue weighted by Gasteiger charge is -2.36. The molecule has 2 saturated carbocycles. The van der Waals surface area contributed by atoms with Crippen molar-refractivity contribution in [2.75, 3.05) is 13.1 Å². The molecule has 3 aliphatic carbocycles. The standard InChI is InChI=1S/C31H34F3N5O4/c1-16(43-29(4)8-9-29)23(38-27(42)31(32,33)34)26(41)39-13-20-22(28(20,2)3)24(39)25(40)37-15-30(14-35)10-17-6-5-7-18-11-36-12-19(30)21(17)18/h5-7,11-12,16,20,22-24H,8-10,13,15H2,1-4H3,(H,37,40)(H,38,42)/t16-,20+,22+,23+,24+,30?/m1/s1. The summed E-state index contributed by atoms with van der Waals surface area (Å²) in [5.41, 5.74) is -0.202. The molecule has 1 saturated heterocycles. The van der Waals surface area contributed by atoms with E-state index in [1.54, 1.807) is 19.3 Å². The van der Waals surface area contributed by atoms with Crippen LogP contribution in [0, 0.1) is 28.6 Å². The van der Waals surface area contributed by atoms with Crippen LogP contribution in [0.2, 0.25) is 0 Å². The van der Waals surface area contributed by atoms with Crippen LogP contribution in [0.3, 0.4) is 0 Å². The Balaban J connectivity index is 1.25. The van der Waals surface area contributed by atoms with Crippen molar-refractivity contribution in [1.82, 2.24) is 20.5 Å². The van der Waals surface area contributed by atoms with Crippen LogP contribution in [-0.4, -0.2) is 70.7 Å². The number of likely N-dealkylation sites (tertiary alicyclic amines) is 1. The van der Waals surface area contributed by atoms with Crippen LogP contribution >= 0.6 is 0 Å². The number of alkyl halides is 3. The van der Waals surface area contributed by atoms with Crippen LogP contribution in [0.25, 0.3) is 10.8 Å². The largest absolute Gasteiger partial charge is 0.471 e. The van der Waals surface area contributed by atoms with E-state index >= 15 is 0 Å². The lowest BCUT2D eigenvalue weighted by Crippen LogP contribution is -2.61. The first-order valence-corrected chi connectivity index (χ1v) is 14.5. The first-order chi connectivity index (χ1) is 20.1. The minimum absolute atomic E-state index is 0.0275. The third kappa shape index (κ3) is 4.82. The van der Waals surface area contributed by atoms with Gasteiger partial charge in [0.05, 0.1) is 17.8 Å². The van der Waals surface area contributed by atoms with Gasteiger partial charge in [-0.2, -0.15) is 18.4 Å². The fourth-order valence-corrected chi connectivity index (χ4v) is 7.29. The average Bonchev–Trinajstić information content (AvgIpc) is 3.63. The van der Waals surface area contributed by atoms with Gasteiger partial charge in [0.15, 0.2) is 0 Å². The number of pyridine rings is 1. The van der Waals surface area contributed by atoms with Gasteiger partial charge in [-0.05, 0) is 61.3 Å². The number of aromatic nitrogens is 1. The van der Waals surface area contributed by atoms with Crippen LogP contribution in [0.15, 0.2) is 30.6 Å². The number of hydrogen-bond acceptors (Lipinski definition) is 6. The molecular weight excluding hydrogens is 563 g/mol. The second kappa shape index (κ2) is 9.64. The summed E-state index contributed by atoms with van der Waals surface area (Å²) < 4.78 is 45.7.